The van der Waals surface area contributed by atoms with Crippen molar-refractivity contribution in [2.75, 3.05) is 0 Å². The average Bonchev–Trinajstić information content (AvgIpc) is 2.93. The topological polar surface area (TPSA) is 46.2 Å². The molecule has 1 fully saturated rings. The number of nitrogens with one attached hydrogen (secondary N) is 1. The van der Waals surface area contributed by atoms with Gasteiger partial charge in [0.05, 0.1) is 4.90 Å². The van der Waals surface area contributed by atoms with Gasteiger partial charge in [0.25, 0.3) is 0 Å². The van der Waals surface area contributed by atoms with Gasteiger partial charge in [0.15, 0.2) is 0 Å². The summed E-state index contributed by atoms with van der Waals surface area (Å²) in [6, 6.07) is 5.62. The van der Waals surface area contributed by atoms with E-state index in [4.69, 9.17) is 0 Å². The van der Waals surface area contributed by atoms with Gasteiger partial charge in [-0.15, -0.1) is 0 Å². The fourth-order valence-corrected chi connectivity index (χ4v) is 4.02. The molecule has 0 aromatic heterocycles. The van der Waals surface area contributed by atoms with Crippen LogP contribution in [0.2, 0.25) is 0 Å². The Hall–Kier alpha value is -0.870. The van der Waals surface area contributed by atoms with Gasteiger partial charge in [0.2, 0.25) is 10.0 Å². The van der Waals surface area contributed by atoms with E-state index < -0.39 is 15.6 Å². The molecule has 0 heterocycles. The molecule has 2 rings (SSSR count). The minimum absolute atomic E-state index is 0.0357. The molecule has 1 aromatic rings. The van der Waals surface area contributed by atoms with Crippen molar-refractivity contribution in [2.24, 2.45) is 0 Å². The van der Waals surface area contributed by atoms with Crippen molar-refractivity contribution < 1.29 is 8.42 Å². The summed E-state index contributed by atoms with van der Waals surface area (Å²) < 4.78 is 27.8. The molecule has 1 aliphatic rings. The Morgan fingerprint density at radius 3 is 2.26 bits per heavy atom. The molecule has 0 amide bonds. The van der Waals surface area contributed by atoms with Gasteiger partial charge in [-0.1, -0.05) is 24.6 Å². The van der Waals surface area contributed by atoms with Crippen LogP contribution < -0.4 is 4.72 Å². The van der Waals surface area contributed by atoms with Crippen molar-refractivity contribution in [3.63, 3.8) is 0 Å². The molecule has 0 aliphatic heterocycles. The van der Waals surface area contributed by atoms with Gasteiger partial charge in [-0.2, -0.15) is 0 Å². The Bertz CT molecular complexity index is 593. The van der Waals surface area contributed by atoms with Crippen molar-refractivity contribution in [1.82, 2.24) is 4.72 Å². The third-order valence-corrected chi connectivity index (χ3v) is 5.33. The lowest BCUT2D eigenvalue weighted by atomic mass is 9.97. The molecule has 3 nitrogen and oxygen atoms in total. The van der Waals surface area contributed by atoms with E-state index in [2.05, 4.69) is 11.6 Å². The van der Waals surface area contributed by atoms with Crippen LogP contribution in [0.3, 0.4) is 0 Å². The molecular weight excluding hydrogens is 258 g/mol. The molecular formula is C15H23NO2S. The largest absolute Gasteiger partial charge is 0.241 e. The van der Waals surface area contributed by atoms with Crippen LogP contribution in [-0.4, -0.2) is 14.0 Å². The minimum Gasteiger partial charge on any atom is -0.207 e. The summed E-state index contributed by atoms with van der Waals surface area (Å²) in [5, 5.41) is 0. The lowest BCUT2D eigenvalue weighted by Gasteiger charge is -2.23. The van der Waals surface area contributed by atoms with Gasteiger partial charge in [-0.25, -0.2) is 13.1 Å². The van der Waals surface area contributed by atoms with Gasteiger partial charge >= 0.3 is 0 Å². The summed E-state index contributed by atoms with van der Waals surface area (Å²) in [7, 11) is -3.46. The number of aryl methyl sites for hydroxylation is 1. The Balaban J connectivity index is 2.51. The molecule has 0 radical (unpaired) electrons. The lowest BCUT2D eigenvalue weighted by molar-refractivity contribution is 0.490. The number of hydrogen-bond acceptors (Lipinski definition) is 2. The van der Waals surface area contributed by atoms with Crippen LogP contribution in [0.1, 0.15) is 51.7 Å². The van der Waals surface area contributed by atoms with Gasteiger partial charge < -0.3 is 0 Å². The summed E-state index contributed by atoms with van der Waals surface area (Å²) >= 11 is 0. The van der Waals surface area contributed by atoms with E-state index in [1.807, 2.05) is 39.8 Å². The number of hydrogen-bond donors (Lipinski definition) is 1. The van der Waals surface area contributed by atoms with Gasteiger partial charge in [0, 0.05) is 5.54 Å². The summed E-state index contributed by atoms with van der Waals surface area (Å²) in [6.07, 6.45) is 2.13. The zero-order valence-electron chi connectivity index (χ0n) is 12.4. The van der Waals surface area contributed by atoms with Crippen LogP contribution >= 0.6 is 0 Å². The molecule has 0 bridgehead atoms. The Kier molecular flexibility index (Phi) is 3.30. The Morgan fingerprint density at radius 1 is 1.21 bits per heavy atom. The van der Waals surface area contributed by atoms with Crippen LogP contribution in [0.25, 0.3) is 0 Å². The van der Waals surface area contributed by atoms with Crippen molar-refractivity contribution >= 4 is 10.0 Å². The monoisotopic (exact) mass is 281 g/mol. The number of rotatable bonds is 3. The second-order valence-corrected chi connectivity index (χ2v) is 8.57. The average molecular weight is 281 g/mol. The second kappa shape index (κ2) is 4.32. The third kappa shape index (κ3) is 3.18. The first-order valence-electron chi connectivity index (χ1n) is 6.69. The standard InChI is InChI=1S/C15H23NO2S/c1-11-6-7-13(12(10-11)15(5)8-9-15)19(17,18)16-14(2,3)4/h6-7,10,16H,8-9H2,1-5H3. The molecule has 19 heavy (non-hydrogen) atoms. The predicted octanol–water partition coefficient (Wildman–Crippen LogP) is 3.12. The number of benzene rings is 1. The van der Waals surface area contributed by atoms with Crippen molar-refractivity contribution in [3.05, 3.63) is 29.3 Å². The Labute approximate surface area is 116 Å². The lowest BCUT2D eigenvalue weighted by Crippen LogP contribution is -2.41. The maximum atomic E-state index is 12.5. The Morgan fingerprint density at radius 2 is 1.79 bits per heavy atom. The van der Waals surface area contributed by atoms with Gasteiger partial charge in [0.1, 0.15) is 0 Å². The summed E-state index contributed by atoms with van der Waals surface area (Å²) in [5.41, 5.74) is 1.64. The summed E-state index contributed by atoms with van der Waals surface area (Å²) in [5.74, 6) is 0. The van der Waals surface area contributed by atoms with Gasteiger partial charge in [-0.3, -0.25) is 0 Å². The van der Waals surface area contributed by atoms with E-state index in [0.717, 1.165) is 24.0 Å². The molecule has 0 atom stereocenters. The van der Waals surface area contributed by atoms with E-state index in [-0.39, 0.29) is 5.41 Å². The van der Waals surface area contributed by atoms with E-state index in [0.29, 0.717) is 4.90 Å². The quantitative estimate of drug-likeness (QED) is 0.925. The molecule has 0 spiro atoms. The van der Waals surface area contributed by atoms with E-state index in [1.165, 1.54) is 0 Å². The third-order valence-electron chi connectivity index (χ3n) is 3.52. The van der Waals surface area contributed by atoms with Gasteiger partial charge in [-0.05, 0) is 57.6 Å². The van der Waals surface area contributed by atoms with Crippen LogP contribution in [-0.2, 0) is 15.4 Å². The minimum atomic E-state index is -3.46. The predicted molar refractivity (Wildman–Crippen MR) is 77.8 cm³/mol. The highest BCUT2D eigenvalue weighted by Crippen LogP contribution is 2.49. The SMILES string of the molecule is Cc1ccc(S(=O)(=O)NC(C)(C)C)c(C2(C)CC2)c1. The van der Waals surface area contributed by atoms with Crippen LogP contribution in [0.5, 0.6) is 0 Å². The molecule has 1 aromatic carbocycles. The zero-order chi connectivity index (χ0) is 14.5. The highest BCUT2D eigenvalue weighted by atomic mass is 32.2. The second-order valence-electron chi connectivity index (χ2n) is 6.92. The molecule has 1 saturated carbocycles. The zero-order valence-corrected chi connectivity index (χ0v) is 13.2. The normalized spacial score (nSPS) is 18.4. The first-order valence-corrected chi connectivity index (χ1v) is 8.17. The highest BCUT2D eigenvalue weighted by molar-refractivity contribution is 7.89. The molecule has 1 aliphatic carbocycles. The van der Waals surface area contributed by atoms with Crippen molar-refractivity contribution in [3.8, 4) is 0 Å². The van der Waals surface area contributed by atoms with E-state index in [9.17, 15) is 8.42 Å². The number of sulfonamides is 1. The summed E-state index contributed by atoms with van der Waals surface area (Å²) in [6.45, 7) is 9.71. The van der Waals surface area contributed by atoms with E-state index >= 15 is 0 Å². The van der Waals surface area contributed by atoms with Crippen LogP contribution in [0.4, 0.5) is 0 Å². The smallest absolute Gasteiger partial charge is 0.207 e. The fraction of sp³-hybridized carbons (Fsp3) is 0.600. The maximum Gasteiger partial charge on any atom is 0.241 e. The molecule has 106 valence electrons. The van der Waals surface area contributed by atoms with Crippen LogP contribution in [0.15, 0.2) is 23.1 Å². The summed E-state index contributed by atoms with van der Waals surface area (Å²) in [4.78, 5) is 0.438. The first-order chi connectivity index (χ1) is 8.54. The molecule has 0 unspecified atom stereocenters. The molecule has 1 N–H and O–H groups in total. The van der Waals surface area contributed by atoms with Crippen molar-refractivity contribution in [1.29, 1.82) is 0 Å². The van der Waals surface area contributed by atoms with Crippen LogP contribution in [0, 0.1) is 6.92 Å². The maximum absolute atomic E-state index is 12.5. The molecule has 0 saturated heterocycles. The highest BCUT2D eigenvalue weighted by Gasteiger charge is 2.42. The molecule has 4 heteroatoms. The van der Waals surface area contributed by atoms with E-state index in [1.54, 1.807) is 6.07 Å². The first kappa shape index (κ1) is 14.5. The van der Waals surface area contributed by atoms with Crippen molar-refractivity contribution in [2.45, 2.75) is 63.3 Å². The fourth-order valence-electron chi connectivity index (χ4n) is 2.26.